The summed E-state index contributed by atoms with van der Waals surface area (Å²) in [5, 5.41) is 0. The molecule has 1 aromatic carbocycles. The molecular weight excluding hydrogens is 212 g/mol. The molecule has 0 aliphatic rings. The van der Waals surface area contributed by atoms with E-state index < -0.39 is 0 Å². The first-order valence-corrected chi connectivity index (χ1v) is 6.00. The Bertz CT molecular complexity index is 374. The molecule has 96 valence electrons. The molecule has 17 heavy (non-hydrogen) atoms. The van der Waals surface area contributed by atoms with Crippen molar-refractivity contribution in [2.45, 2.75) is 33.2 Å². The van der Waals surface area contributed by atoms with Crippen LogP contribution in [0.2, 0.25) is 0 Å². The summed E-state index contributed by atoms with van der Waals surface area (Å²) < 4.78 is 5.36. The zero-order valence-corrected chi connectivity index (χ0v) is 11.3. The molecule has 1 unspecified atom stereocenters. The summed E-state index contributed by atoms with van der Waals surface area (Å²) in [5.74, 6) is 0.857. The summed E-state index contributed by atoms with van der Waals surface area (Å²) >= 11 is 0. The second-order valence-electron chi connectivity index (χ2n) is 5.42. The highest BCUT2D eigenvalue weighted by Crippen LogP contribution is 2.32. The van der Waals surface area contributed by atoms with Crippen LogP contribution < -0.4 is 16.2 Å². The van der Waals surface area contributed by atoms with Gasteiger partial charge >= 0.3 is 0 Å². The van der Waals surface area contributed by atoms with Crippen LogP contribution in [0.4, 0.5) is 0 Å². The van der Waals surface area contributed by atoms with Gasteiger partial charge in [-0.25, -0.2) is 0 Å². The quantitative estimate of drug-likeness (QED) is 0.825. The summed E-state index contributed by atoms with van der Waals surface area (Å²) in [5.41, 5.74) is 14.3. The van der Waals surface area contributed by atoms with Crippen LogP contribution in [-0.4, -0.2) is 13.7 Å². The minimum atomic E-state index is -0.0385. The summed E-state index contributed by atoms with van der Waals surface area (Å²) in [7, 11) is 1.68. The van der Waals surface area contributed by atoms with Crippen LogP contribution in [0.15, 0.2) is 18.2 Å². The number of rotatable bonds is 5. The van der Waals surface area contributed by atoms with E-state index in [1.54, 1.807) is 7.11 Å². The van der Waals surface area contributed by atoms with Gasteiger partial charge in [-0.2, -0.15) is 0 Å². The van der Waals surface area contributed by atoms with Gasteiger partial charge in [0.15, 0.2) is 0 Å². The van der Waals surface area contributed by atoms with Gasteiger partial charge in [-0.1, -0.05) is 31.5 Å². The van der Waals surface area contributed by atoms with E-state index in [-0.39, 0.29) is 11.5 Å². The fourth-order valence-electron chi connectivity index (χ4n) is 1.93. The van der Waals surface area contributed by atoms with Gasteiger partial charge < -0.3 is 16.2 Å². The number of ether oxygens (including phenoxy) is 1. The van der Waals surface area contributed by atoms with Crippen LogP contribution in [-0.2, 0) is 0 Å². The van der Waals surface area contributed by atoms with Gasteiger partial charge in [-0.05, 0) is 31.4 Å². The molecule has 0 bridgehead atoms. The maximum atomic E-state index is 6.27. The van der Waals surface area contributed by atoms with Crippen molar-refractivity contribution in [1.82, 2.24) is 0 Å². The first-order chi connectivity index (χ1) is 7.89. The molecule has 0 radical (unpaired) electrons. The van der Waals surface area contributed by atoms with Gasteiger partial charge in [0, 0.05) is 11.6 Å². The lowest BCUT2D eigenvalue weighted by Gasteiger charge is -2.27. The molecule has 1 atom stereocenters. The van der Waals surface area contributed by atoms with Crippen molar-refractivity contribution in [2.24, 2.45) is 16.9 Å². The van der Waals surface area contributed by atoms with Crippen molar-refractivity contribution < 1.29 is 4.74 Å². The van der Waals surface area contributed by atoms with Gasteiger partial charge in [0.2, 0.25) is 0 Å². The topological polar surface area (TPSA) is 61.3 Å². The van der Waals surface area contributed by atoms with Crippen molar-refractivity contribution in [3.05, 3.63) is 29.3 Å². The summed E-state index contributed by atoms with van der Waals surface area (Å²) in [4.78, 5) is 0. The molecule has 0 aliphatic carbocycles. The maximum Gasteiger partial charge on any atom is 0.123 e. The van der Waals surface area contributed by atoms with E-state index in [4.69, 9.17) is 16.2 Å². The normalized spacial score (nSPS) is 13.5. The van der Waals surface area contributed by atoms with E-state index in [0.717, 1.165) is 17.7 Å². The Morgan fingerprint density at radius 2 is 2.00 bits per heavy atom. The minimum Gasteiger partial charge on any atom is -0.496 e. The fraction of sp³-hybridized carbons (Fsp3) is 0.571. The SMILES string of the molecule is COc1ccc(C)cc1C(N)CC(C)(C)CN. The molecule has 0 saturated carbocycles. The van der Waals surface area contributed by atoms with Gasteiger partial charge in [0.05, 0.1) is 7.11 Å². The van der Waals surface area contributed by atoms with Gasteiger partial charge in [-0.3, -0.25) is 0 Å². The number of hydrogen-bond donors (Lipinski definition) is 2. The fourth-order valence-corrected chi connectivity index (χ4v) is 1.93. The standard InChI is InChI=1S/C14H24N2O/c1-10-5-6-13(17-4)11(7-10)12(16)8-14(2,3)9-15/h5-7,12H,8-9,15-16H2,1-4H3. The number of nitrogens with two attached hydrogens (primary N) is 2. The number of benzene rings is 1. The Kier molecular flexibility index (Phi) is 4.54. The van der Waals surface area contributed by atoms with Crippen LogP contribution in [0.3, 0.4) is 0 Å². The number of hydrogen-bond acceptors (Lipinski definition) is 3. The molecule has 0 spiro atoms. The van der Waals surface area contributed by atoms with Crippen LogP contribution in [0.25, 0.3) is 0 Å². The number of aryl methyl sites for hydroxylation is 1. The lowest BCUT2D eigenvalue weighted by molar-refractivity contribution is 0.312. The monoisotopic (exact) mass is 236 g/mol. The summed E-state index contributed by atoms with van der Waals surface area (Å²) in [6.45, 7) is 6.96. The molecule has 1 aromatic rings. The molecule has 3 heteroatoms. The highest BCUT2D eigenvalue weighted by atomic mass is 16.5. The van der Waals surface area contributed by atoms with E-state index >= 15 is 0 Å². The lowest BCUT2D eigenvalue weighted by Crippen LogP contribution is -2.28. The smallest absolute Gasteiger partial charge is 0.123 e. The Hall–Kier alpha value is -1.06. The maximum absolute atomic E-state index is 6.27. The minimum absolute atomic E-state index is 0.0385. The molecule has 0 fully saturated rings. The lowest BCUT2D eigenvalue weighted by atomic mass is 9.83. The largest absolute Gasteiger partial charge is 0.496 e. The highest BCUT2D eigenvalue weighted by Gasteiger charge is 2.22. The highest BCUT2D eigenvalue weighted by molar-refractivity contribution is 5.39. The van der Waals surface area contributed by atoms with Gasteiger partial charge in [-0.15, -0.1) is 0 Å². The molecule has 1 rings (SSSR count). The predicted molar refractivity (Wildman–Crippen MR) is 72.1 cm³/mol. The van der Waals surface area contributed by atoms with Crippen molar-refractivity contribution >= 4 is 0 Å². The van der Waals surface area contributed by atoms with Crippen LogP contribution in [0.5, 0.6) is 5.75 Å². The molecule has 0 aliphatic heterocycles. The van der Waals surface area contributed by atoms with Crippen LogP contribution in [0.1, 0.15) is 37.4 Å². The second kappa shape index (κ2) is 5.52. The summed E-state index contributed by atoms with van der Waals surface area (Å²) in [6.07, 6.45) is 0.851. The average molecular weight is 236 g/mol. The van der Waals surface area contributed by atoms with E-state index in [2.05, 4.69) is 26.8 Å². The Morgan fingerprint density at radius 3 is 2.53 bits per heavy atom. The van der Waals surface area contributed by atoms with Crippen molar-refractivity contribution in [1.29, 1.82) is 0 Å². The number of methoxy groups -OCH3 is 1. The predicted octanol–water partition coefficient (Wildman–Crippen LogP) is 2.38. The van der Waals surface area contributed by atoms with Gasteiger partial charge in [0.1, 0.15) is 5.75 Å². The molecule has 0 aromatic heterocycles. The third kappa shape index (κ3) is 3.72. The summed E-state index contributed by atoms with van der Waals surface area (Å²) in [6, 6.07) is 6.06. The second-order valence-corrected chi connectivity index (χ2v) is 5.42. The zero-order valence-electron chi connectivity index (χ0n) is 11.3. The molecular formula is C14H24N2O. The molecule has 0 heterocycles. The first-order valence-electron chi connectivity index (χ1n) is 6.00. The van der Waals surface area contributed by atoms with E-state index in [1.165, 1.54) is 5.56 Å². The van der Waals surface area contributed by atoms with E-state index in [1.807, 2.05) is 12.1 Å². The van der Waals surface area contributed by atoms with E-state index in [0.29, 0.717) is 6.54 Å². The van der Waals surface area contributed by atoms with Crippen LogP contribution in [0, 0.1) is 12.3 Å². The Labute approximate surface area is 104 Å². The van der Waals surface area contributed by atoms with Crippen molar-refractivity contribution in [2.75, 3.05) is 13.7 Å². The Morgan fingerprint density at radius 1 is 1.35 bits per heavy atom. The van der Waals surface area contributed by atoms with Crippen molar-refractivity contribution in [3.8, 4) is 5.75 Å². The molecule has 0 saturated heterocycles. The van der Waals surface area contributed by atoms with Crippen LogP contribution >= 0.6 is 0 Å². The first kappa shape index (κ1) is 14.0. The molecule has 3 nitrogen and oxygen atoms in total. The third-order valence-electron chi connectivity index (χ3n) is 3.11. The average Bonchev–Trinajstić information content (AvgIpc) is 2.28. The van der Waals surface area contributed by atoms with E-state index in [9.17, 15) is 0 Å². The Balaban J connectivity index is 2.95. The third-order valence-corrected chi connectivity index (χ3v) is 3.11. The van der Waals surface area contributed by atoms with Crippen molar-refractivity contribution in [3.63, 3.8) is 0 Å². The molecule has 4 N–H and O–H groups in total. The zero-order chi connectivity index (χ0) is 13.1. The molecule has 0 amide bonds. The van der Waals surface area contributed by atoms with Gasteiger partial charge in [0.25, 0.3) is 0 Å².